The molecule has 3 aromatic carbocycles. The van der Waals surface area contributed by atoms with Crippen LogP contribution in [0.5, 0.6) is 0 Å². The first-order chi connectivity index (χ1) is 13.5. The van der Waals surface area contributed by atoms with Crippen molar-refractivity contribution in [2.24, 2.45) is 0 Å². The SMILES string of the molecule is Cc1ccc(Cl)cc1NC(=O)c1ccccc1C(=O)c1ccc2n[c][nH]c2c1. The van der Waals surface area contributed by atoms with Crippen LogP contribution in [-0.4, -0.2) is 21.7 Å². The molecule has 0 saturated carbocycles. The highest BCUT2D eigenvalue weighted by Crippen LogP contribution is 2.23. The van der Waals surface area contributed by atoms with Gasteiger partial charge < -0.3 is 10.3 Å². The Labute approximate surface area is 166 Å². The van der Waals surface area contributed by atoms with Gasteiger partial charge in [-0.3, -0.25) is 9.59 Å². The van der Waals surface area contributed by atoms with Gasteiger partial charge in [0.25, 0.3) is 5.91 Å². The molecule has 0 atom stereocenters. The quantitative estimate of drug-likeness (QED) is 0.493. The normalized spacial score (nSPS) is 10.8. The molecular weight excluding hydrogens is 374 g/mol. The highest BCUT2D eigenvalue weighted by molar-refractivity contribution is 6.31. The lowest BCUT2D eigenvalue weighted by Crippen LogP contribution is -2.17. The minimum absolute atomic E-state index is 0.245. The van der Waals surface area contributed by atoms with Crippen molar-refractivity contribution in [2.75, 3.05) is 5.32 Å². The molecule has 2 N–H and O–H groups in total. The maximum absolute atomic E-state index is 13.1. The van der Waals surface area contributed by atoms with Crippen molar-refractivity contribution in [1.82, 2.24) is 9.97 Å². The number of nitrogens with zero attached hydrogens (tertiary/aromatic N) is 1. The number of benzene rings is 3. The Bertz CT molecular complexity index is 1210. The number of nitrogens with one attached hydrogen (secondary N) is 2. The number of hydrogen-bond donors (Lipinski definition) is 2. The van der Waals surface area contributed by atoms with Gasteiger partial charge in [-0.2, -0.15) is 0 Å². The topological polar surface area (TPSA) is 74.8 Å². The number of aromatic amines is 1. The van der Waals surface area contributed by atoms with Gasteiger partial charge in [0.15, 0.2) is 12.1 Å². The number of H-pyrrole nitrogens is 1. The van der Waals surface area contributed by atoms with E-state index in [0.717, 1.165) is 11.1 Å². The van der Waals surface area contributed by atoms with Crippen molar-refractivity contribution in [1.29, 1.82) is 0 Å². The predicted octanol–water partition coefficient (Wildman–Crippen LogP) is 4.81. The maximum Gasteiger partial charge on any atom is 0.256 e. The first-order valence-corrected chi connectivity index (χ1v) is 8.98. The molecule has 1 aromatic heterocycles. The number of hydrogen-bond acceptors (Lipinski definition) is 3. The lowest BCUT2D eigenvalue weighted by molar-refractivity contribution is 0.0996. The van der Waals surface area contributed by atoms with Crippen molar-refractivity contribution < 1.29 is 9.59 Å². The molecule has 5 nitrogen and oxygen atoms in total. The van der Waals surface area contributed by atoms with E-state index in [1.54, 1.807) is 54.6 Å². The van der Waals surface area contributed by atoms with Crippen LogP contribution in [0.1, 0.15) is 31.8 Å². The second kappa shape index (κ2) is 7.29. The molecule has 1 amide bonds. The van der Waals surface area contributed by atoms with Crippen molar-refractivity contribution in [2.45, 2.75) is 6.92 Å². The van der Waals surface area contributed by atoms with Crippen LogP contribution >= 0.6 is 11.6 Å². The van der Waals surface area contributed by atoms with E-state index in [1.807, 2.05) is 13.0 Å². The van der Waals surface area contributed by atoms with E-state index in [-0.39, 0.29) is 11.7 Å². The van der Waals surface area contributed by atoms with Gasteiger partial charge in [-0.05, 0) is 48.9 Å². The maximum atomic E-state index is 13.1. The molecule has 137 valence electrons. The number of imidazole rings is 1. The van der Waals surface area contributed by atoms with Gasteiger partial charge >= 0.3 is 0 Å². The van der Waals surface area contributed by atoms with Crippen LogP contribution in [0.4, 0.5) is 5.69 Å². The summed E-state index contributed by atoms with van der Waals surface area (Å²) in [5.74, 6) is -0.615. The van der Waals surface area contributed by atoms with Gasteiger partial charge in [0, 0.05) is 21.8 Å². The monoisotopic (exact) mass is 388 g/mol. The zero-order valence-electron chi connectivity index (χ0n) is 14.9. The van der Waals surface area contributed by atoms with Crippen LogP contribution in [0.25, 0.3) is 11.0 Å². The summed E-state index contributed by atoms with van der Waals surface area (Å²) in [5, 5.41) is 3.37. The Kier molecular flexibility index (Phi) is 4.67. The van der Waals surface area contributed by atoms with E-state index in [0.29, 0.717) is 32.9 Å². The molecule has 6 heteroatoms. The average molecular weight is 389 g/mol. The Morgan fingerprint density at radius 1 is 1.04 bits per heavy atom. The summed E-state index contributed by atoms with van der Waals surface area (Å²) in [6.07, 6.45) is 2.65. The van der Waals surface area contributed by atoms with Crippen LogP contribution in [-0.2, 0) is 0 Å². The Balaban J connectivity index is 1.68. The summed E-state index contributed by atoms with van der Waals surface area (Å²) >= 11 is 6.03. The van der Waals surface area contributed by atoms with E-state index in [4.69, 9.17) is 11.6 Å². The van der Waals surface area contributed by atoms with E-state index in [1.165, 1.54) is 0 Å². The first-order valence-electron chi connectivity index (χ1n) is 8.60. The average Bonchev–Trinajstić information content (AvgIpc) is 3.18. The minimum atomic E-state index is -0.370. The molecule has 1 heterocycles. The van der Waals surface area contributed by atoms with E-state index < -0.39 is 0 Å². The second-order valence-electron chi connectivity index (χ2n) is 6.37. The van der Waals surface area contributed by atoms with Gasteiger partial charge in [0.05, 0.1) is 16.6 Å². The number of carbonyl (C=O) groups excluding carboxylic acids is 2. The summed E-state index contributed by atoms with van der Waals surface area (Å²) in [6, 6.07) is 17.1. The molecule has 28 heavy (non-hydrogen) atoms. The summed E-state index contributed by atoms with van der Waals surface area (Å²) < 4.78 is 0. The minimum Gasteiger partial charge on any atom is -0.335 e. The van der Waals surface area contributed by atoms with E-state index >= 15 is 0 Å². The van der Waals surface area contributed by atoms with E-state index in [9.17, 15) is 9.59 Å². The number of amides is 1. The van der Waals surface area contributed by atoms with Crippen LogP contribution in [0.3, 0.4) is 0 Å². The summed E-state index contributed by atoms with van der Waals surface area (Å²) in [4.78, 5) is 32.8. The zero-order chi connectivity index (χ0) is 19.7. The predicted molar refractivity (Wildman–Crippen MR) is 109 cm³/mol. The summed E-state index contributed by atoms with van der Waals surface area (Å²) in [7, 11) is 0. The molecule has 0 fully saturated rings. The fourth-order valence-electron chi connectivity index (χ4n) is 2.98. The van der Waals surface area contributed by atoms with Crippen LogP contribution in [0, 0.1) is 13.3 Å². The Morgan fingerprint density at radius 3 is 2.64 bits per heavy atom. The van der Waals surface area contributed by atoms with Crippen molar-refractivity contribution in [3.8, 4) is 0 Å². The first kappa shape index (κ1) is 17.9. The molecule has 1 radical (unpaired) electrons. The van der Waals surface area contributed by atoms with Gasteiger partial charge in [0.1, 0.15) is 0 Å². The highest BCUT2D eigenvalue weighted by Gasteiger charge is 2.19. The Morgan fingerprint density at radius 2 is 1.82 bits per heavy atom. The van der Waals surface area contributed by atoms with Gasteiger partial charge in [0.2, 0.25) is 0 Å². The van der Waals surface area contributed by atoms with Gasteiger partial charge in [-0.15, -0.1) is 0 Å². The van der Waals surface area contributed by atoms with Crippen LogP contribution in [0.15, 0.2) is 60.7 Å². The number of halogens is 1. The second-order valence-corrected chi connectivity index (χ2v) is 6.81. The largest absolute Gasteiger partial charge is 0.335 e. The summed E-state index contributed by atoms with van der Waals surface area (Å²) in [5.41, 5.74) is 3.99. The fraction of sp³-hybridized carbons (Fsp3) is 0.0455. The number of anilines is 1. The third-order valence-corrected chi connectivity index (χ3v) is 4.72. The number of aryl methyl sites for hydroxylation is 1. The standard InChI is InChI=1S/C22H15ClN3O2/c1-13-6-8-15(23)11-19(13)26-22(28)17-5-3-2-4-16(17)21(27)14-7-9-18-20(10-14)25-12-24-18/h2-11H,1H3,(H,24,25)(H,26,28). The number of ketones is 1. The molecule has 0 bridgehead atoms. The number of fused-ring (bicyclic) bond motifs is 1. The molecule has 0 aliphatic rings. The third kappa shape index (κ3) is 3.40. The van der Waals surface area contributed by atoms with Crippen LogP contribution in [0.2, 0.25) is 5.02 Å². The fourth-order valence-corrected chi connectivity index (χ4v) is 3.15. The number of rotatable bonds is 4. The van der Waals surface area contributed by atoms with Crippen molar-refractivity contribution in [3.63, 3.8) is 0 Å². The van der Waals surface area contributed by atoms with Crippen molar-refractivity contribution >= 4 is 40.0 Å². The third-order valence-electron chi connectivity index (χ3n) is 4.49. The van der Waals surface area contributed by atoms with Gasteiger partial charge in [-0.25, -0.2) is 4.98 Å². The van der Waals surface area contributed by atoms with E-state index in [2.05, 4.69) is 21.6 Å². The zero-order valence-corrected chi connectivity index (χ0v) is 15.7. The molecule has 0 aliphatic heterocycles. The summed E-state index contributed by atoms with van der Waals surface area (Å²) in [6.45, 7) is 1.87. The number of aromatic nitrogens is 2. The number of carbonyl (C=O) groups is 2. The molecule has 0 aliphatic carbocycles. The molecule has 0 spiro atoms. The van der Waals surface area contributed by atoms with Crippen LogP contribution < -0.4 is 5.32 Å². The highest BCUT2D eigenvalue weighted by atomic mass is 35.5. The Hall–Kier alpha value is -3.44. The van der Waals surface area contributed by atoms with Crippen molar-refractivity contribution in [3.05, 3.63) is 94.3 Å². The molecule has 4 aromatic rings. The molecule has 0 unspecified atom stereocenters. The lowest BCUT2D eigenvalue weighted by atomic mass is 9.97. The molecule has 4 rings (SSSR count). The lowest BCUT2D eigenvalue weighted by Gasteiger charge is -2.12. The van der Waals surface area contributed by atoms with Gasteiger partial charge in [-0.1, -0.05) is 35.9 Å². The molecular formula is C22H15ClN3O2. The molecule has 0 saturated heterocycles. The smallest absolute Gasteiger partial charge is 0.256 e.